The van der Waals surface area contributed by atoms with E-state index in [1.54, 1.807) is 19.2 Å². The molecule has 238 valence electrons. The molecule has 0 atom stereocenters. The van der Waals surface area contributed by atoms with Crippen LogP contribution in [0.4, 0.5) is 31.0 Å². The smallest absolute Gasteiger partial charge is 0.327 e. The number of aromatic nitrogens is 5. The number of piperazine rings is 1. The average molecular weight is 652 g/mol. The van der Waals surface area contributed by atoms with E-state index in [1.807, 2.05) is 16.5 Å². The van der Waals surface area contributed by atoms with Crippen LogP contribution in [0.5, 0.6) is 0 Å². The summed E-state index contributed by atoms with van der Waals surface area (Å²) >= 11 is 5.80. The van der Waals surface area contributed by atoms with E-state index < -0.39 is 28.5 Å². The normalized spacial score (nSPS) is 15.5. The maximum absolute atomic E-state index is 15.4. The monoisotopic (exact) mass is 651 g/mol. The highest BCUT2D eigenvalue weighted by Gasteiger charge is 2.29. The molecule has 1 aliphatic carbocycles. The van der Waals surface area contributed by atoms with Crippen LogP contribution in [0.15, 0.2) is 44.6 Å². The molecule has 2 aliphatic rings. The van der Waals surface area contributed by atoms with Crippen molar-refractivity contribution in [1.29, 1.82) is 0 Å². The minimum Gasteiger partial charge on any atom is -0.403 e. The number of nitrogens with one attached hydrogen (secondary N) is 2. The van der Waals surface area contributed by atoms with Crippen LogP contribution >= 0.6 is 11.6 Å². The standard InChI is InChI=1S/C30H28ClF2N9O4/c1-3-40-14-21(25(44)17-11-20(33)26(31)35-27(17)40)34-29(45)36-30-38-37-28(46-30)18-13-42(15-4-5-15)22-12-23(19(32)10-16(22)24(18)43)41-8-6-39(2)7-9-41/h10-15H,3-9H2,1-2H3,(H2,34,36,38,45). The highest BCUT2D eigenvalue weighted by atomic mass is 35.5. The van der Waals surface area contributed by atoms with Gasteiger partial charge in [0.05, 0.1) is 16.6 Å². The molecule has 0 bridgehead atoms. The van der Waals surface area contributed by atoms with Crippen LogP contribution in [0.25, 0.3) is 33.4 Å². The molecule has 13 nitrogen and oxygen atoms in total. The summed E-state index contributed by atoms with van der Waals surface area (Å²) in [7, 11) is 2.03. The van der Waals surface area contributed by atoms with E-state index in [9.17, 15) is 18.8 Å². The third kappa shape index (κ3) is 5.34. The quantitative estimate of drug-likeness (QED) is 0.255. The Hall–Kier alpha value is -4.89. The van der Waals surface area contributed by atoms with Gasteiger partial charge in [-0.25, -0.2) is 18.6 Å². The van der Waals surface area contributed by atoms with Crippen LogP contribution in [0.2, 0.25) is 5.15 Å². The molecular formula is C30H28ClF2N9O4. The van der Waals surface area contributed by atoms with Crippen LogP contribution in [0.3, 0.4) is 0 Å². The van der Waals surface area contributed by atoms with Crippen molar-refractivity contribution in [1.82, 2.24) is 29.2 Å². The molecule has 1 saturated heterocycles. The number of urea groups is 1. The van der Waals surface area contributed by atoms with Gasteiger partial charge in [0.15, 0.2) is 11.0 Å². The van der Waals surface area contributed by atoms with Crippen molar-refractivity contribution in [2.75, 3.05) is 48.8 Å². The first kappa shape index (κ1) is 29.8. The van der Waals surface area contributed by atoms with Gasteiger partial charge in [-0.3, -0.25) is 14.9 Å². The van der Waals surface area contributed by atoms with E-state index in [0.717, 1.165) is 32.0 Å². The molecule has 0 spiro atoms. The van der Waals surface area contributed by atoms with Crippen molar-refractivity contribution in [2.24, 2.45) is 0 Å². The van der Waals surface area contributed by atoms with Gasteiger partial charge in [0, 0.05) is 56.5 Å². The Bertz CT molecular complexity index is 2150. The van der Waals surface area contributed by atoms with Gasteiger partial charge in [0.1, 0.15) is 22.7 Å². The minimum atomic E-state index is -0.899. The third-order valence-corrected chi connectivity index (χ3v) is 8.57. The lowest BCUT2D eigenvalue weighted by atomic mass is 10.1. The first-order valence-corrected chi connectivity index (χ1v) is 15.1. The van der Waals surface area contributed by atoms with Crippen molar-refractivity contribution in [2.45, 2.75) is 32.4 Å². The van der Waals surface area contributed by atoms with Crippen LogP contribution in [-0.4, -0.2) is 68.5 Å². The molecule has 46 heavy (non-hydrogen) atoms. The van der Waals surface area contributed by atoms with E-state index in [-0.39, 0.29) is 50.8 Å². The molecule has 1 aliphatic heterocycles. The van der Waals surface area contributed by atoms with Gasteiger partial charge in [-0.1, -0.05) is 16.7 Å². The fraction of sp³-hybridized carbons (Fsp3) is 0.333. The summed E-state index contributed by atoms with van der Waals surface area (Å²) in [6.07, 6.45) is 4.79. The summed E-state index contributed by atoms with van der Waals surface area (Å²) in [5.41, 5.74) is -0.0322. The molecule has 16 heteroatoms. The van der Waals surface area contributed by atoms with Gasteiger partial charge >= 0.3 is 12.0 Å². The van der Waals surface area contributed by atoms with Gasteiger partial charge in [0.25, 0.3) is 5.89 Å². The Morgan fingerprint density at radius 3 is 2.46 bits per heavy atom. The largest absolute Gasteiger partial charge is 0.403 e. The topological polar surface area (TPSA) is 143 Å². The number of halogens is 3. The second-order valence-electron chi connectivity index (χ2n) is 11.4. The number of amides is 2. The lowest BCUT2D eigenvalue weighted by Gasteiger charge is -2.34. The SMILES string of the molecule is CCn1cc(NC(=O)Nc2nnc(-c3cn(C4CC4)c4cc(N5CCN(C)CC5)c(F)cc4c3=O)o2)c(=O)c2cc(F)c(Cl)nc21. The van der Waals surface area contributed by atoms with Gasteiger partial charge in [-0.15, -0.1) is 5.10 Å². The number of benzene rings is 1. The highest BCUT2D eigenvalue weighted by molar-refractivity contribution is 6.29. The van der Waals surface area contributed by atoms with E-state index >= 15 is 4.39 Å². The van der Waals surface area contributed by atoms with Crippen molar-refractivity contribution in [3.63, 3.8) is 0 Å². The fourth-order valence-electron chi connectivity index (χ4n) is 5.68. The Morgan fingerprint density at radius 2 is 1.74 bits per heavy atom. The van der Waals surface area contributed by atoms with Gasteiger partial charge in [-0.2, -0.15) is 0 Å². The summed E-state index contributed by atoms with van der Waals surface area (Å²) in [6, 6.07) is 2.85. The first-order valence-electron chi connectivity index (χ1n) is 14.7. The fourth-order valence-corrected chi connectivity index (χ4v) is 5.82. The zero-order valence-corrected chi connectivity index (χ0v) is 25.6. The lowest BCUT2D eigenvalue weighted by molar-refractivity contribution is 0.261. The molecule has 2 amide bonds. The maximum Gasteiger partial charge on any atom is 0.327 e. The number of fused-ring (bicyclic) bond motifs is 2. The number of anilines is 3. The zero-order chi connectivity index (χ0) is 32.3. The minimum absolute atomic E-state index is 0.0562. The molecule has 0 radical (unpaired) electrons. The van der Waals surface area contributed by atoms with E-state index in [0.29, 0.717) is 30.8 Å². The predicted molar refractivity (Wildman–Crippen MR) is 169 cm³/mol. The molecule has 5 heterocycles. The third-order valence-electron chi connectivity index (χ3n) is 8.31. The van der Waals surface area contributed by atoms with E-state index in [2.05, 4.69) is 30.7 Å². The second-order valence-corrected chi connectivity index (χ2v) is 11.8. The van der Waals surface area contributed by atoms with Crippen molar-refractivity contribution < 1.29 is 18.0 Å². The molecule has 5 aromatic rings. The molecular weight excluding hydrogens is 624 g/mol. The molecule has 1 saturated carbocycles. The van der Waals surface area contributed by atoms with Crippen LogP contribution in [0.1, 0.15) is 25.8 Å². The van der Waals surface area contributed by atoms with Crippen LogP contribution < -0.4 is 26.4 Å². The number of pyridine rings is 3. The number of nitrogens with zero attached hydrogens (tertiary/aromatic N) is 7. The van der Waals surface area contributed by atoms with Crippen LogP contribution in [-0.2, 0) is 6.54 Å². The van der Waals surface area contributed by atoms with Crippen molar-refractivity contribution in [3.05, 3.63) is 67.8 Å². The van der Waals surface area contributed by atoms with Gasteiger partial charge in [-0.05, 0) is 45.0 Å². The maximum atomic E-state index is 15.4. The molecule has 7 rings (SSSR count). The number of rotatable bonds is 6. The number of hydrogen-bond donors (Lipinski definition) is 2. The number of carbonyl (C=O) groups excluding carboxylic acids is 1. The Kier molecular flexibility index (Phi) is 7.44. The summed E-state index contributed by atoms with van der Waals surface area (Å²) in [6.45, 7) is 5.09. The Balaban J connectivity index is 1.17. The molecule has 1 aromatic carbocycles. The molecule has 2 N–H and O–H groups in total. The van der Waals surface area contributed by atoms with Crippen molar-refractivity contribution >= 4 is 57.0 Å². The molecule has 0 unspecified atom stereocenters. The van der Waals surface area contributed by atoms with E-state index in [1.165, 1.54) is 16.8 Å². The number of likely N-dealkylation sites (N-methyl/N-ethyl adjacent to an activating group) is 1. The van der Waals surface area contributed by atoms with E-state index in [4.69, 9.17) is 16.0 Å². The zero-order valence-electron chi connectivity index (χ0n) is 24.8. The Labute approximate surface area is 264 Å². The number of hydrogen-bond acceptors (Lipinski definition) is 9. The van der Waals surface area contributed by atoms with Gasteiger partial charge in [0.2, 0.25) is 10.9 Å². The van der Waals surface area contributed by atoms with Crippen LogP contribution in [0, 0.1) is 11.6 Å². The summed E-state index contributed by atoms with van der Waals surface area (Å²) < 4.78 is 38.6. The molecule has 4 aromatic heterocycles. The summed E-state index contributed by atoms with van der Waals surface area (Å²) in [5.74, 6) is -1.53. The summed E-state index contributed by atoms with van der Waals surface area (Å²) in [5, 5.41) is 12.3. The van der Waals surface area contributed by atoms with Crippen molar-refractivity contribution in [3.8, 4) is 11.5 Å². The first-order chi connectivity index (χ1) is 22.1. The number of carbonyl (C=O) groups is 1. The summed E-state index contributed by atoms with van der Waals surface area (Å²) in [4.78, 5) is 47.6. The average Bonchev–Trinajstić information content (AvgIpc) is 3.78. The predicted octanol–water partition coefficient (Wildman–Crippen LogP) is 4.44. The number of aryl methyl sites for hydroxylation is 1. The molecule has 2 fully saturated rings. The lowest BCUT2D eigenvalue weighted by Crippen LogP contribution is -2.44. The Morgan fingerprint density at radius 1 is 1.00 bits per heavy atom. The highest BCUT2D eigenvalue weighted by Crippen LogP contribution is 2.39. The second kappa shape index (κ2) is 11.5. The van der Waals surface area contributed by atoms with Gasteiger partial charge < -0.3 is 28.7 Å².